The first-order valence-electron chi connectivity index (χ1n) is 7.74. The van der Waals surface area contributed by atoms with Crippen LogP contribution in [-0.4, -0.2) is 39.8 Å². The standard InChI is InChI=1S/C16H19ClN4O2/c1-2-18-16(23)11-5-6-20(8-11)10-13-7-15(22)21-9-12(17)3-4-14(21)19-13/h3-4,7,9,11H,2,5-6,8,10H2,1H3,(H,18,23). The summed E-state index contributed by atoms with van der Waals surface area (Å²) in [6.45, 7) is 4.69. The van der Waals surface area contributed by atoms with Crippen LogP contribution in [0.5, 0.6) is 0 Å². The third kappa shape index (κ3) is 3.54. The molecule has 0 radical (unpaired) electrons. The van der Waals surface area contributed by atoms with Gasteiger partial charge in [0, 0.05) is 31.9 Å². The first-order chi connectivity index (χ1) is 11.1. The number of halogens is 1. The lowest BCUT2D eigenvalue weighted by Gasteiger charge is -2.15. The van der Waals surface area contributed by atoms with Gasteiger partial charge in [0.1, 0.15) is 5.65 Å². The normalized spacial score (nSPS) is 18.4. The second kappa shape index (κ2) is 6.68. The maximum Gasteiger partial charge on any atom is 0.258 e. The molecule has 0 aliphatic carbocycles. The number of rotatable bonds is 4. The summed E-state index contributed by atoms with van der Waals surface area (Å²) in [6, 6.07) is 4.98. The van der Waals surface area contributed by atoms with Crippen molar-refractivity contribution in [2.45, 2.75) is 19.9 Å². The molecule has 1 fully saturated rings. The summed E-state index contributed by atoms with van der Waals surface area (Å²) in [5.74, 6) is 0.131. The molecule has 1 atom stereocenters. The fourth-order valence-electron chi connectivity index (χ4n) is 2.95. The van der Waals surface area contributed by atoms with E-state index in [1.807, 2.05) is 6.92 Å². The van der Waals surface area contributed by atoms with Crippen molar-refractivity contribution >= 4 is 23.2 Å². The molecule has 1 amide bonds. The van der Waals surface area contributed by atoms with E-state index in [4.69, 9.17) is 11.6 Å². The second-order valence-electron chi connectivity index (χ2n) is 5.78. The van der Waals surface area contributed by atoms with Crippen molar-refractivity contribution in [3.63, 3.8) is 0 Å². The minimum absolute atomic E-state index is 0.0234. The molecule has 122 valence electrons. The lowest BCUT2D eigenvalue weighted by molar-refractivity contribution is -0.124. The fourth-order valence-corrected chi connectivity index (χ4v) is 3.11. The van der Waals surface area contributed by atoms with Gasteiger partial charge in [-0.3, -0.25) is 18.9 Å². The number of hydrogen-bond acceptors (Lipinski definition) is 4. The van der Waals surface area contributed by atoms with E-state index < -0.39 is 0 Å². The third-order valence-corrected chi connectivity index (χ3v) is 4.28. The van der Waals surface area contributed by atoms with E-state index >= 15 is 0 Å². The van der Waals surface area contributed by atoms with E-state index in [2.05, 4.69) is 15.2 Å². The predicted octanol–water partition coefficient (Wildman–Crippen LogP) is 1.31. The molecule has 0 bridgehead atoms. The molecule has 1 aliphatic rings. The first-order valence-corrected chi connectivity index (χ1v) is 8.12. The highest BCUT2D eigenvalue weighted by Crippen LogP contribution is 2.18. The van der Waals surface area contributed by atoms with Crippen molar-refractivity contribution in [3.05, 3.63) is 45.5 Å². The van der Waals surface area contributed by atoms with Crippen LogP contribution in [0.4, 0.5) is 0 Å². The van der Waals surface area contributed by atoms with Gasteiger partial charge < -0.3 is 5.32 Å². The number of carbonyl (C=O) groups is 1. The lowest BCUT2D eigenvalue weighted by atomic mass is 10.1. The van der Waals surface area contributed by atoms with Crippen LogP contribution < -0.4 is 10.9 Å². The molecular weight excluding hydrogens is 316 g/mol. The number of hydrogen-bond donors (Lipinski definition) is 1. The quantitative estimate of drug-likeness (QED) is 0.915. The van der Waals surface area contributed by atoms with Crippen LogP contribution in [0.2, 0.25) is 5.02 Å². The highest BCUT2D eigenvalue weighted by atomic mass is 35.5. The van der Waals surface area contributed by atoms with Gasteiger partial charge >= 0.3 is 0 Å². The summed E-state index contributed by atoms with van der Waals surface area (Å²) in [5.41, 5.74) is 1.15. The smallest absolute Gasteiger partial charge is 0.258 e. The Hall–Kier alpha value is -1.92. The Labute approximate surface area is 139 Å². The van der Waals surface area contributed by atoms with Gasteiger partial charge in [-0.25, -0.2) is 4.98 Å². The molecule has 1 aliphatic heterocycles. The second-order valence-corrected chi connectivity index (χ2v) is 6.21. The van der Waals surface area contributed by atoms with Gasteiger partial charge in [0.2, 0.25) is 5.91 Å². The summed E-state index contributed by atoms with van der Waals surface area (Å²) in [4.78, 5) is 30.7. The summed E-state index contributed by atoms with van der Waals surface area (Å²) in [5, 5.41) is 3.36. The Morgan fingerprint density at radius 2 is 2.30 bits per heavy atom. The summed E-state index contributed by atoms with van der Waals surface area (Å²) in [6.07, 6.45) is 2.41. The highest BCUT2D eigenvalue weighted by molar-refractivity contribution is 6.30. The summed E-state index contributed by atoms with van der Waals surface area (Å²) < 4.78 is 1.44. The van der Waals surface area contributed by atoms with E-state index in [1.165, 1.54) is 10.5 Å². The van der Waals surface area contributed by atoms with Gasteiger partial charge in [-0.05, 0) is 32.0 Å². The van der Waals surface area contributed by atoms with Gasteiger partial charge in [-0.15, -0.1) is 0 Å². The SMILES string of the molecule is CCNC(=O)C1CCN(Cc2cc(=O)n3cc(Cl)ccc3n2)C1. The van der Waals surface area contributed by atoms with Gasteiger partial charge in [0.25, 0.3) is 5.56 Å². The lowest BCUT2D eigenvalue weighted by Crippen LogP contribution is -2.32. The molecule has 0 spiro atoms. The number of likely N-dealkylation sites (tertiary alicyclic amines) is 1. The Morgan fingerprint density at radius 3 is 3.09 bits per heavy atom. The van der Waals surface area contributed by atoms with E-state index in [-0.39, 0.29) is 17.4 Å². The average molecular weight is 335 g/mol. The van der Waals surface area contributed by atoms with Crippen molar-refractivity contribution in [3.8, 4) is 0 Å². The van der Waals surface area contributed by atoms with Crippen LogP contribution in [0.15, 0.2) is 29.2 Å². The molecule has 3 rings (SSSR count). The van der Waals surface area contributed by atoms with Crippen LogP contribution in [-0.2, 0) is 11.3 Å². The van der Waals surface area contributed by atoms with E-state index in [1.54, 1.807) is 18.3 Å². The number of amides is 1. The molecule has 2 aromatic heterocycles. The molecule has 2 aromatic rings. The number of nitrogens with zero attached hydrogens (tertiary/aromatic N) is 3. The van der Waals surface area contributed by atoms with E-state index in [0.29, 0.717) is 36.0 Å². The molecule has 7 heteroatoms. The number of pyridine rings is 1. The molecule has 1 unspecified atom stereocenters. The third-order valence-electron chi connectivity index (χ3n) is 4.06. The Bertz CT molecular complexity index is 789. The van der Waals surface area contributed by atoms with Gasteiger partial charge in [-0.2, -0.15) is 0 Å². The van der Waals surface area contributed by atoms with E-state index in [9.17, 15) is 9.59 Å². The zero-order valence-corrected chi connectivity index (χ0v) is 13.7. The maximum absolute atomic E-state index is 12.2. The zero-order valence-electron chi connectivity index (χ0n) is 13.0. The molecule has 3 heterocycles. The van der Waals surface area contributed by atoms with Gasteiger partial charge in [-0.1, -0.05) is 11.6 Å². The average Bonchev–Trinajstić information content (AvgIpc) is 2.97. The van der Waals surface area contributed by atoms with Crippen LogP contribution in [0.3, 0.4) is 0 Å². The van der Waals surface area contributed by atoms with Crippen molar-refractivity contribution in [1.82, 2.24) is 19.6 Å². The number of nitrogens with one attached hydrogen (secondary N) is 1. The minimum Gasteiger partial charge on any atom is -0.356 e. The van der Waals surface area contributed by atoms with E-state index in [0.717, 1.165) is 13.0 Å². The molecule has 1 N–H and O–H groups in total. The Kier molecular flexibility index (Phi) is 4.63. The first kappa shape index (κ1) is 16.0. The molecular formula is C16H19ClN4O2. The maximum atomic E-state index is 12.2. The molecule has 0 aromatic carbocycles. The van der Waals surface area contributed by atoms with Gasteiger partial charge in [0.15, 0.2) is 0 Å². The summed E-state index contributed by atoms with van der Waals surface area (Å²) >= 11 is 5.91. The van der Waals surface area contributed by atoms with Crippen LogP contribution in [0, 0.1) is 5.92 Å². The highest BCUT2D eigenvalue weighted by Gasteiger charge is 2.28. The number of carbonyl (C=O) groups excluding carboxylic acids is 1. The predicted molar refractivity (Wildman–Crippen MR) is 88.5 cm³/mol. The Morgan fingerprint density at radius 1 is 1.48 bits per heavy atom. The minimum atomic E-state index is -0.146. The molecule has 23 heavy (non-hydrogen) atoms. The van der Waals surface area contributed by atoms with Crippen molar-refractivity contribution in [2.24, 2.45) is 5.92 Å². The summed E-state index contributed by atoms with van der Waals surface area (Å²) in [7, 11) is 0. The topological polar surface area (TPSA) is 66.7 Å². The van der Waals surface area contributed by atoms with Crippen LogP contribution in [0.25, 0.3) is 5.65 Å². The van der Waals surface area contributed by atoms with Crippen molar-refractivity contribution in [1.29, 1.82) is 0 Å². The van der Waals surface area contributed by atoms with Crippen molar-refractivity contribution in [2.75, 3.05) is 19.6 Å². The zero-order chi connectivity index (χ0) is 16.4. The Balaban J connectivity index is 1.74. The number of fused-ring (bicyclic) bond motifs is 1. The van der Waals surface area contributed by atoms with Crippen LogP contribution >= 0.6 is 11.6 Å². The molecule has 1 saturated heterocycles. The number of aromatic nitrogens is 2. The molecule has 0 saturated carbocycles. The largest absolute Gasteiger partial charge is 0.356 e. The molecule has 6 nitrogen and oxygen atoms in total. The fraction of sp³-hybridized carbons (Fsp3) is 0.438. The van der Waals surface area contributed by atoms with Crippen molar-refractivity contribution < 1.29 is 4.79 Å². The van der Waals surface area contributed by atoms with Gasteiger partial charge in [0.05, 0.1) is 16.6 Å². The monoisotopic (exact) mass is 334 g/mol. The van der Waals surface area contributed by atoms with Crippen LogP contribution in [0.1, 0.15) is 19.0 Å².